The second-order valence-electron chi connectivity index (χ2n) is 5.24. The van der Waals surface area contributed by atoms with E-state index in [0.29, 0.717) is 17.9 Å². The Morgan fingerprint density at radius 2 is 1.79 bits per heavy atom. The molecule has 1 aromatic carbocycles. The maximum Gasteiger partial charge on any atom is 0.185 e. The van der Waals surface area contributed by atoms with E-state index in [2.05, 4.69) is 25.7 Å². The minimum Gasteiger partial charge on any atom is -0.493 e. The van der Waals surface area contributed by atoms with Gasteiger partial charge in [0.15, 0.2) is 19.8 Å². The molecule has 0 heterocycles. The van der Waals surface area contributed by atoms with Gasteiger partial charge in [-0.2, -0.15) is 5.26 Å². The van der Waals surface area contributed by atoms with Gasteiger partial charge in [-0.3, -0.25) is 0 Å². The van der Waals surface area contributed by atoms with E-state index in [1.54, 1.807) is 14.2 Å². The van der Waals surface area contributed by atoms with E-state index in [1.165, 1.54) is 0 Å². The van der Waals surface area contributed by atoms with Crippen molar-refractivity contribution in [3.05, 3.63) is 23.8 Å². The lowest BCUT2D eigenvalue weighted by atomic mass is 10.1. The zero-order valence-corrected chi connectivity index (χ0v) is 13.2. The van der Waals surface area contributed by atoms with Crippen LogP contribution in [0.25, 0.3) is 0 Å². The lowest BCUT2D eigenvalue weighted by molar-refractivity contribution is 0.249. The minimum absolute atomic E-state index is 0.412. The third-order valence-corrected chi connectivity index (χ3v) is 3.50. The van der Waals surface area contributed by atoms with Gasteiger partial charge in [0, 0.05) is 6.42 Å². The monoisotopic (exact) mass is 279 g/mol. The summed E-state index contributed by atoms with van der Waals surface area (Å²) in [4.78, 5) is 0. The Kier molecular flexibility index (Phi) is 5.40. The number of hydrogen-bond donors (Lipinski definition) is 0. The van der Waals surface area contributed by atoms with Gasteiger partial charge in [0.1, 0.15) is 6.10 Å². The molecule has 0 spiro atoms. The zero-order chi connectivity index (χ0) is 14.5. The average Bonchev–Trinajstić information content (AvgIpc) is 2.36. The molecule has 1 atom stereocenters. The molecule has 1 rings (SSSR count). The molecule has 0 saturated carbocycles. The smallest absolute Gasteiger partial charge is 0.185 e. The lowest BCUT2D eigenvalue weighted by Gasteiger charge is -2.21. The van der Waals surface area contributed by atoms with Gasteiger partial charge in [0.2, 0.25) is 0 Å². The fourth-order valence-corrected chi connectivity index (χ4v) is 2.75. The van der Waals surface area contributed by atoms with Crippen LogP contribution >= 0.6 is 0 Å². The minimum atomic E-state index is -1.71. The molecular formula is C14H21NO3Si. The van der Waals surface area contributed by atoms with Crippen LogP contribution in [-0.2, 0) is 10.8 Å². The second kappa shape index (κ2) is 6.59. The number of rotatable bonds is 6. The van der Waals surface area contributed by atoms with Crippen LogP contribution < -0.4 is 9.47 Å². The molecular weight excluding hydrogens is 258 g/mol. The van der Waals surface area contributed by atoms with Crippen molar-refractivity contribution in [3.63, 3.8) is 0 Å². The predicted octanol–water partition coefficient (Wildman–Crippen LogP) is 2.99. The summed E-state index contributed by atoms with van der Waals surface area (Å²) in [6.45, 7) is 6.23. The van der Waals surface area contributed by atoms with E-state index in [0.717, 1.165) is 5.56 Å². The summed E-state index contributed by atoms with van der Waals surface area (Å²) in [6, 6.07) is 7.87. The summed E-state index contributed by atoms with van der Waals surface area (Å²) in [5.41, 5.74) is 1.00. The highest BCUT2D eigenvalue weighted by Gasteiger charge is 2.21. The lowest BCUT2D eigenvalue weighted by Crippen LogP contribution is -2.32. The molecule has 0 radical (unpaired) electrons. The maximum absolute atomic E-state index is 9.17. The molecule has 0 aliphatic carbocycles. The van der Waals surface area contributed by atoms with Crippen LogP contribution in [0.3, 0.4) is 0 Å². The number of nitriles is 1. The van der Waals surface area contributed by atoms with E-state index in [9.17, 15) is 0 Å². The summed E-state index contributed by atoms with van der Waals surface area (Å²) < 4.78 is 16.3. The van der Waals surface area contributed by atoms with Crippen molar-refractivity contribution in [2.45, 2.75) is 32.2 Å². The van der Waals surface area contributed by atoms with Crippen molar-refractivity contribution >= 4 is 8.32 Å². The zero-order valence-electron chi connectivity index (χ0n) is 12.2. The molecule has 0 aromatic heterocycles. The Morgan fingerprint density at radius 1 is 1.16 bits per heavy atom. The number of hydrogen-bond acceptors (Lipinski definition) is 4. The second-order valence-corrected chi connectivity index (χ2v) is 9.70. The number of ether oxygens (including phenoxy) is 2. The van der Waals surface area contributed by atoms with Crippen molar-refractivity contribution in [1.29, 1.82) is 5.26 Å². The van der Waals surface area contributed by atoms with Crippen LogP contribution in [0.4, 0.5) is 0 Å². The van der Waals surface area contributed by atoms with Crippen LogP contribution in [0.1, 0.15) is 5.56 Å². The summed E-state index contributed by atoms with van der Waals surface area (Å²) in [7, 11) is 1.49. The number of methoxy groups -OCH3 is 2. The first-order valence-electron chi connectivity index (χ1n) is 6.18. The molecule has 104 valence electrons. The van der Waals surface area contributed by atoms with Gasteiger partial charge in [-0.05, 0) is 37.3 Å². The van der Waals surface area contributed by atoms with Crippen LogP contribution in [0.5, 0.6) is 11.5 Å². The van der Waals surface area contributed by atoms with E-state index in [-0.39, 0.29) is 0 Å². The Labute approximate surface area is 116 Å². The normalized spacial score (nSPS) is 12.6. The Bertz CT molecular complexity index is 463. The molecule has 0 aliphatic heterocycles. The largest absolute Gasteiger partial charge is 0.493 e. The Hall–Kier alpha value is -1.51. The van der Waals surface area contributed by atoms with E-state index in [4.69, 9.17) is 19.2 Å². The highest BCUT2D eigenvalue weighted by atomic mass is 28.4. The third-order valence-electron chi connectivity index (χ3n) is 2.51. The molecule has 0 fully saturated rings. The highest BCUT2D eigenvalue weighted by Crippen LogP contribution is 2.28. The SMILES string of the molecule is COc1ccc(CC(C#N)O[Si](C)(C)C)cc1OC. The molecule has 0 saturated heterocycles. The molecule has 1 unspecified atom stereocenters. The van der Waals surface area contributed by atoms with Crippen LogP contribution in [0.15, 0.2) is 18.2 Å². The molecule has 0 amide bonds. The fourth-order valence-electron chi connectivity index (χ4n) is 1.76. The summed E-state index contributed by atoms with van der Waals surface area (Å²) in [5.74, 6) is 1.36. The van der Waals surface area contributed by atoms with Gasteiger partial charge < -0.3 is 13.9 Å². The molecule has 1 aromatic rings. The first-order valence-corrected chi connectivity index (χ1v) is 9.58. The highest BCUT2D eigenvalue weighted by molar-refractivity contribution is 6.69. The van der Waals surface area contributed by atoms with Crippen molar-refractivity contribution in [2.24, 2.45) is 0 Å². The molecule has 4 nitrogen and oxygen atoms in total. The summed E-state index contributed by atoms with van der Waals surface area (Å²) in [5, 5.41) is 9.17. The van der Waals surface area contributed by atoms with Crippen molar-refractivity contribution in [2.75, 3.05) is 14.2 Å². The van der Waals surface area contributed by atoms with Gasteiger partial charge >= 0.3 is 0 Å². The molecule has 5 heteroatoms. The predicted molar refractivity (Wildman–Crippen MR) is 77.1 cm³/mol. The Morgan fingerprint density at radius 3 is 2.26 bits per heavy atom. The Balaban J connectivity index is 2.84. The number of nitrogens with zero attached hydrogens (tertiary/aromatic N) is 1. The van der Waals surface area contributed by atoms with Gasteiger partial charge in [0.05, 0.1) is 20.3 Å². The third kappa shape index (κ3) is 4.93. The first-order chi connectivity index (χ1) is 8.89. The van der Waals surface area contributed by atoms with Crippen molar-refractivity contribution in [3.8, 4) is 17.6 Å². The van der Waals surface area contributed by atoms with E-state index < -0.39 is 14.4 Å². The quantitative estimate of drug-likeness (QED) is 0.751. The van der Waals surface area contributed by atoms with Gasteiger partial charge in [-0.25, -0.2) is 0 Å². The van der Waals surface area contributed by atoms with Gasteiger partial charge in [-0.15, -0.1) is 0 Å². The topological polar surface area (TPSA) is 51.5 Å². The standard InChI is InChI=1S/C14H21NO3Si/c1-16-13-7-6-11(9-14(13)17-2)8-12(10-15)18-19(3,4)5/h6-7,9,12H,8H2,1-5H3. The molecule has 0 bridgehead atoms. The summed E-state index contributed by atoms with van der Waals surface area (Å²) in [6.07, 6.45) is 0.144. The van der Waals surface area contributed by atoms with Crippen LogP contribution in [0.2, 0.25) is 19.6 Å². The first kappa shape index (κ1) is 15.5. The number of benzene rings is 1. The van der Waals surface area contributed by atoms with Gasteiger partial charge in [-0.1, -0.05) is 6.07 Å². The van der Waals surface area contributed by atoms with E-state index in [1.807, 2.05) is 18.2 Å². The molecule has 19 heavy (non-hydrogen) atoms. The molecule has 0 N–H and O–H groups in total. The maximum atomic E-state index is 9.17. The fraction of sp³-hybridized carbons (Fsp3) is 0.500. The summed E-state index contributed by atoms with van der Waals surface area (Å²) >= 11 is 0. The molecule has 0 aliphatic rings. The average molecular weight is 279 g/mol. The van der Waals surface area contributed by atoms with E-state index >= 15 is 0 Å². The van der Waals surface area contributed by atoms with Crippen molar-refractivity contribution < 1.29 is 13.9 Å². The van der Waals surface area contributed by atoms with Crippen LogP contribution in [0, 0.1) is 11.3 Å². The van der Waals surface area contributed by atoms with Crippen molar-refractivity contribution in [1.82, 2.24) is 0 Å². The van der Waals surface area contributed by atoms with Crippen LogP contribution in [-0.4, -0.2) is 28.6 Å². The van der Waals surface area contributed by atoms with Gasteiger partial charge in [0.25, 0.3) is 0 Å².